The molecule has 4 aliphatic heterocycles. The summed E-state index contributed by atoms with van der Waals surface area (Å²) < 4.78 is 29.7. The number of urea groups is 1. The van der Waals surface area contributed by atoms with Gasteiger partial charge in [0, 0.05) is 64.4 Å². The van der Waals surface area contributed by atoms with E-state index in [9.17, 15) is 13.2 Å². The molecule has 1 saturated carbocycles. The van der Waals surface area contributed by atoms with Gasteiger partial charge in [-0.1, -0.05) is 6.42 Å². The van der Waals surface area contributed by atoms with E-state index in [2.05, 4.69) is 32.8 Å². The normalized spacial score (nSPS) is 41.2. The summed E-state index contributed by atoms with van der Waals surface area (Å²) in [5.41, 5.74) is 6.70. The molecule has 4 N–H and O–H groups in total. The molecule has 5 fully saturated rings. The predicted octanol–water partition coefficient (Wildman–Crippen LogP) is -1.08. The summed E-state index contributed by atoms with van der Waals surface area (Å²) in [5.74, 6) is 0.507. The van der Waals surface area contributed by atoms with E-state index in [0.29, 0.717) is 19.0 Å². The number of rotatable bonds is 5. The zero-order valence-corrected chi connectivity index (χ0v) is 20.9. The van der Waals surface area contributed by atoms with Crippen LogP contribution in [0.15, 0.2) is 0 Å². The maximum atomic E-state index is 13.3. The molecule has 5 rings (SSSR count). The molecule has 2 amide bonds. The smallest absolute Gasteiger partial charge is 0.320 e. The predicted molar refractivity (Wildman–Crippen MR) is 125 cm³/mol. The Balaban J connectivity index is 1.19. The van der Waals surface area contributed by atoms with Crippen LogP contribution in [0.5, 0.6) is 0 Å². The Hall–Kier alpha value is -1.02. The van der Waals surface area contributed by atoms with Crippen molar-refractivity contribution in [2.45, 2.75) is 74.6 Å². The van der Waals surface area contributed by atoms with Crippen LogP contribution in [0.1, 0.15) is 39.0 Å². The number of amides is 2. The molecule has 4 heterocycles. The van der Waals surface area contributed by atoms with Gasteiger partial charge in [-0.3, -0.25) is 10.9 Å². The fourth-order valence-corrected chi connectivity index (χ4v) is 7.99. The fraction of sp³-hybridized carbons (Fsp3) is 0.952. The van der Waals surface area contributed by atoms with Gasteiger partial charge in [-0.05, 0) is 45.1 Å². The van der Waals surface area contributed by atoms with Crippen LogP contribution in [0.4, 0.5) is 4.79 Å². The fourth-order valence-electron chi connectivity index (χ4n) is 6.47. The van der Waals surface area contributed by atoms with Crippen LogP contribution in [0.3, 0.4) is 0 Å². The van der Waals surface area contributed by atoms with Crippen molar-refractivity contribution in [3.63, 3.8) is 0 Å². The minimum absolute atomic E-state index is 0.0159. The topological polar surface area (TPSA) is 112 Å². The Labute approximate surface area is 197 Å². The van der Waals surface area contributed by atoms with Gasteiger partial charge in [0.1, 0.15) is 5.25 Å². The van der Waals surface area contributed by atoms with Crippen LogP contribution in [0.2, 0.25) is 0 Å². The van der Waals surface area contributed by atoms with Crippen LogP contribution < -0.4 is 20.9 Å². The summed E-state index contributed by atoms with van der Waals surface area (Å²) in [6.07, 6.45) is 4.84. The first kappa shape index (κ1) is 23.7. The third kappa shape index (κ3) is 4.51. The molecule has 33 heavy (non-hydrogen) atoms. The molecule has 5 aliphatic rings. The monoisotopic (exact) mass is 484 g/mol. The summed E-state index contributed by atoms with van der Waals surface area (Å²) >= 11 is 0. The lowest BCUT2D eigenvalue weighted by atomic mass is 9.82. The Morgan fingerprint density at radius 2 is 1.88 bits per heavy atom. The summed E-state index contributed by atoms with van der Waals surface area (Å²) in [6, 6.07) is 0.684. The number of piperidine rings is 1. The van der Waals surface area contributed by atoms with Crippen molar-refractivity contribution in [1.82, 2.24) is 40.7 Å². The number of hydrazine groups is 2. The third-order valence-electron chi connectivity index (χ3n) is 8.55. The molecule has 0 aromatic carbocycles. The summed E-state index contributed by atoms with van der Waals surface area (Å²) in [7, 11) is 0.430. The van der Waals surface area contributed by atoms with E-state index in [0.717, 1.165) is 51.7 Å². The first-order chi connectivity index (χ1) is 15.7. The average Bonchev–Trinajstić information content (AvgIpc) is 3.50. The summed E-state index contributed by atoms with van der Waals surface area (Å²) in [6.45, 7) is 5.44. The van der Waals surface area contributed by atoms with Gasteiger partial charge in [0.15, 0.2) is 0 Å². The van der Waals surface area contributed by atoms with Crippen LogP contribution in [-0.4, -0.2) is 117 Å². The van der Waals surface area contributed by atoms with Crippen molar-refractivity contribution < 1.29 is 13.2 Å². The van der Waals surface area contributed by atoms with Crippen molar-refractivity contribution in [2.75, 3.05) is 46.8 Å². The lowest BCUT2D eigenvalue weighted by molar-refractivity contribution is 0.0786. The second-order valence-electron chi connectivity index (χ2n) is 10.6. The number of likely N-dealkylation sites (N-methyl/N-ethyl adjacent to an activating group) is 2. The first-order valence-corrected chi connectivity index (χ1v) is 14.0. The van der Waals surface area contributed by atoms with E-state index < -0.39 is 15.3 Å². The van der Waals surface area contributed by atoms with Crippen molar-refractivity contribution in [3.05, 3.63) is 0 Å². The highest BCUT2D eigenvalue weighted by atomic mass is 32.2. The number of hydrogen-bond donors (Lipinski definition) is 4. The Kier molecular flexibility index (Phi) is 6.62. The van der Waals surface area contributed by atoms with Crippen LogP contribution in [0.25, 0.3) is 0 Å². The molecule has 12 heteroatoms. The van der Waals surface area contributed by atoms with Gasteiger partial charge in [-0.15, -0.1) is 0 Å². The molecule has 0 aromatic rings. The Bertz CT molecular complexity index is 841. The number of nitrogens with one attached hydrogen (secondary N) is 4. The maximum Gasteiger partial charge on any atom is 0.320 e. The Morgan fingerprint density at radius 1 is 1.06 bits per heavy atom. The number of hydrogen-bond acceptors (Lipinski definition) is 8. The maximum absolute atomic E-state index is 13.3. The minimum atomic E-state index is -3.45. The molecule has 6 unspecified atom stereocenters. The van der Waals surface area contributed by atoms with E-state index in [-0.39, 0.29) is 36.4 Å². The highest BCUT2D eigenvalue weighted by Gasteiger charge is 2.45. The number of carbonyl (C=O) groups excluding carboxylic acids is 1. The van der Waals surface area contributed by atoms with Gasteiger partial charge in [0.05, 0.1) is 6.17 Å². The second-order valence-corrected chi connectivity index (χ2v) is 12.6. The number of fused-ring (bicyclic) bond motifs is 1. The average molecular weight is 485 g/mol. The number of sulfonamides is 1. The van der Waals surface area contributed by atoms with E-state index in [1.807, 2.05) is 28.9 Å². The van der Waals surface area contributed by atoms with Gasteiger partial charge in [0.2, 0.25) is 10.0 Å². The van der Waals surface area contributed by atoms with Gasteiger partial charge < -0.3 is 15.1 Å². The van der Waals surface area contributed by atoms with E-state index in [1.54, 1.807) is 0 Å². The summed E-state index contributed by atoms with van der Waals surface area (Å²) in [4.78, 5) is 16.4. The zero-order valence-electron chi connectivity index (χ0n) is 20.0. The van der Waals surface area contributed by atoms with E-state index in [4.69, 9.17) is 0 Å². The lowest BCUT2D eigenvalue weighted by Gasteiger charge is -2.39. The van der Waals surface area contributed by atoms with Crippen LogP contribution in [0, 0.1) is 5.92 Å². The van der Waals surface area contributed by atoms with Crippen LogP contribution in [-0.2, 0) is 10.0 Å². The minimum Gasteiger partial charge on any atom is -0.323 e. The molecule has 7 atom stereocenters. The SMILES string of the molecule is C[C@@H]1CN(C2CCNC(N3CC(S(=O)(=O)NC4CCCC5CNN(C)C54)CN3)C2)C(=O)N1C. The molecule has 4 saturated heterocycles. The standard InChI is InChI=1S/C21H40N8O3S/c1-14-12-28(21(30)26(14)2)16-7-8-22-19(9-16)29-13-17(11-24-29)33(31,32)25-18-6-4-5-15-10-23-27(3)20(15)18/h14-20,22-25H,4-13H2,1-3H3/t14-,15?,16?,17?,18?,19?,20?/m1/s1. The molecule has 1 aliphatic carbocycles. The lowest BCUT2D eigenvalue weighted by Crippen LogP contribution is -2.57. The zero-order chi connectivity index (χ0) is 23.3. The largest absolute Gasteiger partial charge is 0.323 e. The van der Waals surface area contributed by atoms with E-state index >= 15 is 0 Å². The molecule has 0 bridgehead atoms. The van der Waals surface area contributed by atoms with E-state index in [1.165, 1.54) is 0 Å². The second kappa shape index (κ2) is 9.21. The molecule has 188 valence electrons. The molecule has 0 radical (unpaired) electrons. The van der Waals surface area contributed by atoms with Gasteiger partial charge in [-0.2, -0.15) is 0 Å². The van der Waals surface area contributed by atoms with Crippen molar-refractivity contribution >= 4 is 16.1 Å². The molecule has 0 aromatic heterocycles. The molecular weight excluding hydrogens is 444 g/mol. The Morgan fingerprint density at radius 3 is 2.64 bits per heavy atom. The third-order valence-corrected chi connectivity index (χ3v) is 10.4. The van der Waals surface area contributed by atoms with Crippen molar-refractivity contribution in [2.24, 2.45) is 5.92 Å². The quantitative estimate of drug-likeness (QED) is 0.390. The van der Waals surface area contributed by atoms with Crippen molar-refractivity contribution in [3.8, 4) is 0 Å². The van der Waals surface area contributed by atoms with Crippen LogP contribution >= 0.6 is 0 Å². The van der Waals surface area contributed by atoms with Gasteiger partial charge >= 0.3 is 6.03 Å². The first-order valence-electron chi connectivity index (χ1n) is 12.5. The molecule has 0 spiro atoms. The number of nitrogens with zero attached hydrogens (tertiary/aromatic N) is 4. The highest BCUT2D eigenvalue weighted by molar-refractivity contribution is 7.90. The van der Waals surface area contributed by atoms with Crippen molar-refractivity contribution in [1.29, 1.82) is 0 Å². The van der Waals surface area contributed by atoms with Gasteiger partial charge in [0.25, 0.3) is 0 Å². The highest BCUT2D eigenvalue weighted by Crippen LogP contribution is 2.32. The molecular formula is C21H40N8O3S. The molecule has 11 nitrogen and oxygen atoms in total. The number of carbonyl (C=O) groups is 1. The summed E-state index contributed by atoms with van der Waals surface area (Å²) in [5, 5.41) is 7.17. The van der Waals surface area contributed by atoms with Gasteiger partial charge in [-0.25, -0.2) is 28.0 Å².